The lowest BCUT2D eigenvalue weighted by atomic mass is 9.58. The maximum Gasteiger partial charge on any atom is 0.164 e. The van der Waals surface area contributed by atoms with Gasteiger partial charge in [0.25, 0.3) is 0 Å². The average molecular weight is 713 g/mol. The molecule has 2 aromatic heterocycles. The summed E-state index contributed by atoms with van der Waals surface area (Å²) in [6.07, 6.45) is 0. The molecule has 28 radical (unpaired) electrons. The highest BCUT2D eigenvalue weighted by molar-refractivity contribution is 6.72. The van der Waals surface area contributed by atoms with E-state index in [2.05, 4.69) is 0 Å². The van der Waals surface area contributed by atoms with Crippen molar-refractivity contribution < 1.29 is 4.42 Å². The summed E-state index contributed by atoms with van der Waals surface area (Å²) >= 11 is 0. The average Bonchev–Trinajstić information content (AvgIpc) is 3.65. The molecule has 0 amide bonds. The van der Waals surface area contributed by atoms with Crippen molar-refractivity contribution in [2.24, 2.45) is 0 Å². The van der Waals surface area contributed by atoms with Crippen molar-refractivity contribution in [1.82, 2.24) is 15.0 Å². The van der Waals surface area contributed by atoms with Crippen LogP contribution in [0.5, 0.6) is 0 Å². The Morgan fingerprint density at radius 2 is 0.746 bits per heavy atom. The third kappa shape index (κ3) is 5.68. The van der Waals surface area contributed by atoms with Crippen molar-refractivity contribution in [1.29, 1.82) is 0 Å². The number of benzene rings is 7. The molecule has 238 valence electrons. The third-order valence-electron chi connectivity index (χ3n) is 11.0. The molecular formula is C41H11B14N3O. The van der Waals surface area contributed by atoms with Crippen molar-refractivity contribution in [3.8, 4) is 45.3 Å². The summed E-state index contributed by atoms with van der Waals surface area (Å²) in [6.45, 7) is 0. The zero-order valence-electron chi connectivity index (χ0n) is 31.2. The van der Waals surface area contributed by atoms with E-state index < -0.39 is 0 Å². The van der Waals surface area contributed by atoms with E-state index in [1.807, 2.05) is 66.7 Å². The van der Waals surface area contributed by atoms with E-state index in [4.69, 9.17) is 129 Å². The van der Waals surface area contributed by atoms with E-state index in [0.29, 0.717) is 55.0 Å². The Morgan fingerprint density at radius 1 is 0.305 bits per heavy atom. The molecule has 9 aromatic rings. The Balaban J connectivity index is 1.38. The Bertz CT molecular complexity index is 3330. The molecule has 0 aliphatic carbocycles. The van der Waals surface area contributed by atoms with Crippen LogP contribution in [-0.2, 0) is 0 Å². The van der Waals surface area contributed by atoms with E-state index in [-0.39, 0.29) is 105 Å². The molecule has 7 aromatic carbocycles. The number of hydrogen-bond acceptors (Lipinski definition) is 4. The largest absolute Gasteiger partial charge is 0.457 e. The van der Waals surface area contributed by atoms with Crippen LogP contribution in [0.15, 0.2) is 71.1 Å². The van der Waals surface area contributed by atoms with Crippen molar-refractivity contribution >= 4 is 230 Å². The Labute approximate surface area is 359 Å². The van der Waals surface area contributed by atoms with Gasteiger partial charge >= 0.3 is 0 Å². The monoisotopic (exact) mass is 715 g/mol. The molecular weight excluding hydrogens is 702 g/mol. The molecule has 0 aliphatic rings. The van der Waals surface area contributed by atoms with Crippen LogP contribution in [0, 0.1) is 0 Å². The molecule has 9 rings (SSSR count). The second kappa shape index (κ2) is 14.2. The van der Waals surface area contributed by atoms with Gasteiger partial charge in [-0.15, -0.1) is 32.8 Å². The Morgan fingerprint density at radius 3 is 1.37 bits per heavy atom. The quantitative estimate of drug-likeness (QED) is 0.171. The molecule has 59 heavy (non-hydrogen) atoms. The summed E-state index contributed by atoms with van der Waals surface area (Å²) in [7, 11) is 91.0. The van der Waals surface area contributed by atoms with Crippen LogP contribution in [0.2, 0.25) is 0 Å². The lowest BCUT2D eigenvalue weighted by molar-refractivity contribution is 0.675. The Hall–Kier alpha value is -5.22. The topological polar surface area (TPSA) is 51.8 Å². The van der Waals surface area contributed by atoms with Gasteiger partial charge in [0.15, 0.2) is 17.5 Å². The van der Waals surface area contributed by atoms with Crippen molar-refractivity contribution in [3.05, 3.63) is 66.7 Å². The van der Waals surface area contributed by atoms with Gasteiger partial charge in [-0.2, -0.15) is 0 Å². The summed E-state index contributed by atoms with van der Waals surface area (Å²) in [5.74, 6) is 0.688. The summed E-state index contributed by atoms with van der Waals surface area (Å²) in [6, 6.07) is 20.6. The minimum absolute atomic E-state index is 0.0255. The third-order valence-corrected chi connectivity index (χ3v) is 11.0. The number of furan rings is 1. The van der Waals surface area contributed by atoms with E-state index >= 15 is 0 Å². The molecule has 2 heterocycles. The first-order valence-electron chi connectivity index (χ1n) is 17.9. The van der Waals surface area contributed by atoms with Gasteiger partial charge in [0.05, 0.1) is 0 Å². The first kappa shape index (κ1) is 39.3. The highest BCUT2D eigenvalue weighted by Gasteiger charge is 2.26. The summed E-state index contributed by atoms with van der Waals surface area (Å²) < 4.78 is 6.23. The van der Waals surface area contributed by atoms with Gasteiger partial charge in [0, 0.05) is 27.5 Å². The van der Waals surface area contributed by atoms with Gasteiger partial charge in [0.1, 0.15) is 121 Å². The predicted molar refractivity (Wildman–Crippen MR) is 259 cm³/mol. The number of fused-ring (bicyclic) bond motifs is 5. The molecule has 0 aliphatic heterocycles. The molecule has 0 fully saturated rings. The molecule has 4 nitrogen and oxygen atoms in total. The van der Waals surface area contributed by atoms with Crippen LogP contribution in [0.1, 0.15) is 0 Å². The lowest BCUT2D eigenvalue weighted by Crippen LogP contribution is -2.52. The molecule has 0 N–H and O–H groups in total. The van der Waals surface area contributed by atoms with Crippen LogP contribution >= 0.6 is 0 Å². The second-order valence-electron chi connectivity index (χ2n) is 14.2. The molecule has 0 bridgehead atoms. The minimum atomic E-state index is 0.0255. The normalized spacial score (nSPS) is 11.7. The van der Waals surface area contributed by atoms with Crippen molar-refractivity contribution in [3.63, 3.8) is 0 Å². The van der Waals surface area contributed by atoms with Crippen LogP contribution in [0.25, 0.3) is 88.8 Å². The van der Waals surface area contributed by atoms with Crippen molar-refractivity contribution in [2.45, 2.75) is 0 Å². The molecule has 0 spiro atoms. The van der Waals surface area contributed by atoms with Crippen LogP contribution < -0.4 is 76.5 Å². The van der Waals surface area contributed by atoms with Gasteiger partial charge in [-0.25, -0.2) is 15.0 Å². The SMILES string of the molecule is [B]c1c([B])c([B])c2c(oc3c([B])c([B])c([B])c(-c4nc(-c5ccccc5)nc(-c5cccc6c(-c7c([B])c([B])c([B])c8c([B])c([B])c([B])c([B])c78)cccc56)n4)c32)c1[B]. The molecule has 0 saturated heterocycles. The summed E-state index contributed by atoms with van der Waals surface area (Å²) in [4.78, 5) is 15.0. The first-order valence-corrected chi connectivity index (χ1v) is 17.9. The maximum absolute atomic E-state index is 6.82. The highest BCUT2D eigenvalue weighted by Crippen LogP contribution is 2.37. The Kier molecular flexibility index (Phi) is 9.46. The van der Waals surface area contributed by atoms with Crippen LogP contribution in [0.3, 0.4) is 0 Å². The smallest absolute Gasteiger partial charge is 0.164 e. The number of rotatable bonds is 4. The van der Waals surface area contributed by atoms with Gasteiger partial charge in [-0.3, -0.25) is 0 Å². The van der Waals surface area contributed by atoms with E-state index in [1.54, 1.807) is 0 Å². The fourth-order valence-corrected chi connectivity index (χ4v) is 7.87. The zero-order valence-corrected chi connectivity index (χ0v) is 31.2. The molecule has 0 atom stereocenters. The lowest BCUT2D eigenvalue weighted by Gasteiger charge is -2.26. The fraction of sp³-hybridized carbons (Fsp3) is 0. The predicted octanol–water partition coefficient (Wildman–Crippen LogP) is -6.14. The fourth-order valence-electron chi connectivity index (χ4n) is 7.87. The molecule has 18 heteroatoms. The van der Waals surface area contributed by atoms with E-state index in [9.17, 15) is 0 Å². The second-order valence-corrected chi connectivity index (χ2v) is 14.2. The van der Waals surface area contributed by atoms with Gasteiger partial charge in [-0.1, -0.05) is 110 Å². The van der Waals surface area contributed by atoms with Gasteiger partial charge in [-0.05, 0) is 32.7 Å². The van der Waals surface area contributed by atoms with E-state index in [1.165, 1.54) is 0 Å². The minimum Gasteiger partial charge on any atom is -0.457 e. The van der Waals surface area contributed by atoms with Crippen molar-refractivity contribution in [2.75, 3.05) is 0 Å². The van der Waals surface area contributed by atoms with Gasteiger partial charge < -0.3 is 4.42 Å². The maximum atomic E-state index is 6.82. The van der Waals surface area contributed by atoms with Gasteiger partial charge in [0.2, 0.25) is 0 Å². The number of aromatic nitrogens is 3. The number of nitrogens with zero attached hydrogens (tertiary/aromatic N) is 3. The highest BCUT2D eigenvalue weighted by atomic mass is 16.3. The standard InChI is InChI=1S/C41H11B14N3O/c42-23-17(18-20(25(44)29(23)48)26(45)31(50)30(49)24(18)43)15-10-4-9-14-13(15)8-5-11-16(14)40-56-39(12-6-2-1-3-7-12)57-41(58-40)22-19-21-27(46)32(51)34(53)36(55)38(21)59-37(19)35(54)33(52)28(22)47/h1-11H. The summed E-state index contributed by atoms with van der Waals surface area (Å²) in [5, 5.41) is 2.81. The van der Waals surface area contributed by atoms with Crippen LogP contribution in [-0.4, -0.2) is 125 Å². The van der Waals surface area contributed by atoms with E-state index in [0.717, 1.165) is 5.39 Å². The number of hydrogen-bond donors (Lipinski definition) is 0. The first-order chi connectivity index (χ1) is 28.1. The molecule has 0 unspecified atom stereocenters. The molecule has 0 saturated carbocycles. The summed E-state index contributed by atoms with van der Waals surface area (Å²) in [5.41, 5.74) is 4.15. The zero-order chi connectivity index (χ0) is 41.9. The van der Waals surface area contributed by atoms with Crippen LogP contribution in [0.4, 0.5) is 0 Å².